The van der Waals surface area contributed by atoms with E-state index < -0.39 is 17.8 Å². The van der Waals surface area contributed by atoms with Crippen molar-refractivity contribution in [2.75, 3.05) is 0 Å². The molecule has 0 fully saturated rings. The van der Waals surface area contributed by atoms with Gasteiger partial charge in [0.15, 0.2) is 5.82 Å². The predicted molar refractivity (Wildman–Crippen MR) is 88.8 cm³/mol. The number of carbonyl (C=O) groups excluding carboxylic acids is 3. The van der Waals surface area contributed by atoms with Crippen molar-refractivity contribution in [3.05, 3.63) is 71.5 Å². The molecule has 3 aromatic rings. The number of amides is 2. The number of aryl methyl sites for hydroxylation is 1. The van der Waals surface area contributed by atoms with Gasteiger partial charge in [-0.25, -0.2) is 14.5 Å². The Hall–Kier alpha value is -3.81. The fraction of sp³-hybridized carbons (Fsp3) is 0.0556. The van der Waals surface area contributed by atoms with E-state index in [4.69, 9.17) is 4.84 Å². The van der Waals surface area contributed by atoms with Crippen molar-refractivity contribution in [1.82, 2.24) is 19.8 Å². The first-order valence-electron chi connectivity index (χ1n) is 7.73. The lowest BCUT2D eigenvalue weighted by atomic mass is 10.1. The second kappa shape index (κ2) is 5.92. The standard InChI is InChI=1S/C18H12N4O4/c1-21-15(19-14(20-21)11-7-3-2-4-8-11)18(25)26-22-16(23)12-9-5-6-10-13(12)17(22)24/h2-10H,1H3. The number of fused-ring (bicyclic) bond motifs is 1. The van der Waals surface area contributed by atoms with E-state index in [-0.39, 0.29) is 17.0 Å². The van der Waals surface area contributed by atoms with Crippen molar-refractivity contribution in [2.24, 2.45) is 7.05 Å². The van der Waals surface area contributed by atoms with E-state index in [0.29, 0.717) is 10.9 Å². The van der Waals surface area contributed by atoms with E-state index in [9.17, 15) is 14.4 Å². The van der Waals surface area contributed by atoms with Gasteiger partial charge in [0, 0.05) is 12.6 Å². The van der Waals surface area contributed by atoms with E-state index in [1.165, 1.54) is 23.9 Å². The third kappa shape index (κ3) is 2.44. The van der Waals surface area contributed by atoms with Gasteiger partial charge < -0.3 is 4.84 Å². The van der Waals surface area contributed by atoms with Crippen molar-refractivity contribution < 1.29 is 19.2 Å². The van der Waals surface area contributed by atoms with Crippen molar-refractivity contribution in [3.8, 4) is 11.4 Å². The lowest BCUT2D eigenvalue weighted by Gasteiger charge is -2.11. The van der Waals surface area contributed by atoms with Gasteiger partial charge in [-0.3, -0.25) is 9.59 Å². The highest BCUT2D eigenvalue weighted by molar-refractivity contribution is 6.21. The van der Waals surface area contributed by atoms with E-state index >= 15 is 0 Å². The molecule has 4 rings (SSSR count). The maximum atomic E-state index is 12.4. The Bertz CT molecular complexity index is 1010. The first-order valence-corrected chi connectivity index (χ1v) is 7.73. The summed E-state index contributed by atoms with van der Waals surface area (Å²) in [5.74, 6) is -2.12. The average molecular weight is 348 g/mol. The molecule has 0 aliphatic carbocycles. The number of hydrogen-bond donors (Lipinski definition) is 0. The number of aromatic nitrogens is 3. The Balaban J connectivity index is 1.59. The molecule has 0 radical (unpaired) electrons. The van der Waals surface area contributed by atoms with Gasteiger partial charge in [-0.15, -0.1) is 0 Å². The number of hydroxylamine groups is 2. The molecular weight excluding hydrogens is 336 g/mol. The fourth-order valence-electron chi connectivity index (χ4n) is 2.65. The Labute approximate surface area is 147 Å². The smallest absolute Gasteiger partial charge is 0.321 e. The molecule has 0 saturated carbocycles. The summed E-state index contributed by atoms with van der Waals surface area (Å²) in [6.45, 7) is 0. The minimum Gasteiger partial charge on any atom is -0.321 e. The van der Waals surface area contributed by atoms with E-state index in [2.05, 4.69) is 10.1 Å². The van der Waals surface area contributed by atoms with Crippen molar-refractivity contribution in [2.45, 2.75) is 0 Å². The molecule has 2 aromatic carbocycles. The van der Waals surface area contributed by atoms with Crippen LogP contribution in [0.5, 0.6) is 0 Å². The van der Waals surface area contributed by atoms with Crippen LogP contribution >= 0.6 is 0 Å². The predicted octanol–water partition coefficient (Wildman–Crippen LogP) is 1.85. The third-order valence-corrected chi connectivity index (χ3v) is 3.91. The zero-order valence-electron chi connectivity index (χ0n) is 13.6. The molecule has 0 saturated heterocycles. The van der Waals surface area contributed by atoms with Crippen molar-refractivity contribution >= 4 is 17.8 Å². The third-order valence-electron chi connectivity index (χ3n) is 3.91. The maximum absolute atomic E-state index is 12.4. The second-order valence-corrected chi connectivity index (χ2v) is 5.58. The molecule has 1 aliphatic rings. The van der Waals surface area contributed by atoms with E-state index in [0.717, 1.165) is 5.56 Å². The molecule has 0 atom stereocenters. The highest BCUT2D eigenvalue weighted by atomic mass is 16.7. The minimum absolute atomic E-state index is 0.125. The Morgan fingerprint density at radius 2 is 1.50 bits per heavy atom. The fourth-order valence-corrected chi connectivity index (χ4v) is 2.65. The molecule has 1 aliphatic heterocycles. The van der Waals surface area contributed by atoms with Gasteiger partial charge in [0.2, 0.25) is 5.82 Å². The summed E-state index contributed by atoms with van der Waals surface area (Å²) in [7, 11) is 1.53. The largest absolute Gasteiger partial charge is 0.400 e. The number of rotatable bonds is 3. The van der Waals surface area contributed by atoms with Crippen LogP contribution in [-0.4, -0.2) is 37.6 Å². The Morgan fingerprint density at radius 1 is 0.923 bits per heavy atom. The minimum atomic E-state index is -0.948. The summed E-state index contributed by atoms with van der Waals surface area (Å²) in [6.07, 6.45) is 0. The van der Waals surface area contributed by atoms with Crippen LogP contribution in [0.15, 0.2) is 54.6 Å². The topological polar surface area (TPSA) is 94.4 Å². The van der Waals surface area contributed by atoms with E-state index in [1.807, 2.05) is 18.2 Å². The number of imide groups is 1. The number of hydrogen-bond acceptors (Lipinski definition) is 6. The molecule has 2 heterocycles. The number of carbonyl (C=O) groups is 3. The number of nitrogens with zero attached hydrogens (tertiary/aromatic N) is 4. The molecule has 128 valence electrons. The summed E-state index contributed by atoms with van der Waals surface area (Å²) in [4.78, 5) is 46.1. The van der Waals surface area contributed by atoms with Crippen LogP contribution in [0.3, 0.4) is 0 Å². The van der Waals surface area contributed by atoms with Crippen LogP contribution in [0, 0.1) is 0 Å². The van der Waals surface area contributed by atoms with Crippen LogP contribution < -0.4 is 0 Å². The molecule has 0 bridgehead atoms. The van der Waals surface area contributed by atoms with Gasteiger partial charge in [-0.05, 0) is 12.1 Å². The SMILES string of the molecule is Cn1nc(-c2ccccc2)nc1C(=O)ON1C(=O)c2ccccc2C1=O. The molecule has 8 heteroatoms. The summed E-state index contributed by atoms with van der Waals surface area (Å²) in [5, 5.41) is 4.62. The highest BCUT2D eigenvalue weighted by Crippen LogP contribution is 2.23. The summed E-state index contributed by atoms with van der Waals surface area (Å²) >= 11 is 0. The molecular formula is C18H12N4O4. The lowest BCUT2D eigenvalue weighted by molar-refractivity contribution is -0.0595. The Morgan fingerprint density at radius 3 is 2.12 bits per heavy atom. The van der Waals surface area contributed by atoms with Crippen molar-refractivity contribution in [3.63, 3.8) is 0 Å². The highest BCUT2D eigenvalue weighted by Gasteiger charge is 2.39. The summed E-state index contributed by atoms with van der Waals surface area (Å²) < 4.78 is 1.24. The van der Waals surface area contributed by atoms with Gasteiger partial charge >= 0.3 is 5.97 Å². The average Bonchev–Trinajstić information content (AvgIpc) is 3.17. The second-order valence-electron chi connectivity index (χ2n) is 5.58. The Kier molecular flexibility index (Phi) is 3.58. The molecule has 0 N–H and O–H groups in total. The van der Waals surface area contributed by atoms with Crippen LogP contribution in [0.2, 0.25) is 0 Å². The van der Waals surface area contributed by atoms with Crippen molar-refractivity contribution in [1.29, 1.82) is 0 Å². The summed E-state index contributed by atoms with van der Waals surface area (Å²) in [6, 6.07) is 15.4. The zero-order valence-corrected chi connectivity index (χ0v) is 13.6. The quantitative estimate of drug-likeness (QED) is 0.671. The van der Waals surface area contributed by atoms with Gasteiger partial charge in [0.05, 0.1) is 11.1 Å². The summed E-state index contributed by atoms with van der Waals surface area (Å²) in [5.41, 5.74) is 1.10. The van der Waals surface area contributed by atoms with Crippen LogP contribution in [-0.2, 0) is 11.9 Å². The maximum Gasteiger partial charge on any atom is 0.400 e. The molecule has 0 unspecified atom stereocenters. The van der Waals surface area contributed by atoms with Crippen LogP contribution in [0.25, 0.3) is 11.4 Å². The molecule has 8 nitrogen and oxygen atoms in total. The number of benzene rings is 2. The first-order chi connectivity index (χ1) is 12.6. The van der Waals surface area contributed by atoms with E-state index in [1.54, 1.807) is 24.3 Å². The normalized spacial score (nSPS) is 13.0. The lowest BCUT2D eigenvalue weighted by Crippen LogP contribution is -2.33. The molecule has 0 spiro atoms. The van der Waals surface area contributed by atoms with Crippen LogP contribution in [0.1, 0.15) is 31.3 Å². The molecule has 26 heavy (non-hydrogen) atoms. The molecule has 2 amide bonds. The van der Waals surface area contributed by atoms with Crippen LogP contribution in [0.4, 0.5) is 0 Å². The van der Waals surface area contributed by atoms with Gasteiger partial charge in [0.25, 0.3) is 11.8 Å². The monoisotopic (exact) mass is 348 g/mol. The molecule has 1 aromatic heterocycles. The van der Waals surface area contributed by atoms with Gasteiger partial charge in [-0.1, -0.05) is 47.5 Å². The van der Waals surface area contributed by atoms with Gasteiger partial charge in [-0.2, -0.15) is 5.10 Å². The first kappa shape index (κ1) is 15.7. The van der Waals surface area contributed by atoms with Gasteiger partial charge in [0.1, 0.15) is 0 Å². The zero-order chi connectivity index (χ0) is 18.3.